The van der Waals surface area contributed by atoms with Crippen molar-refractivity contribution in [2.75, 3.05) is 0 Å². The molecule has 0 amide bonds. The zero-order valence-electron chi connectivity index (χ0n) is 10.8. The molecule has 19 heavy (non-hydrogen) atoms. The van der Waals surface area contributed by atoms with Gasteiger partial charge in [-0.05, 0) is 37.6 Å². The van der Waals surface area contributed by atoms with Gasteiger partial charge in [0.15, 0.2) is 5.65 Å². The highest BCUT2D eigenvalue weighted by Gasteiger charge is 2.09. The van der Waals surface area contributed by atoms with Crippen molar-refractivity contribution in [2.24, 2.45) is 0 Å². The first kappa shape index (κ1) is 11.6. The fraction of sp³-hybridized carbons (Fsp3) is 0.133. The molecule has 0 aliphatic carbocycles. The molecule has 0 fully saturated rings. The molecule has 0 unspecified atom stereocenters. The minimum absolute atomic E-state index is 0.0822. The summed E-state index contributed by atoms with van der Waals surface area (Å²) in [4.78, 5) is 21.1. The predicted molar refractivity (Wildman–Crippen MR) is 74.6 cm³/mol. The van der Waals surface area contributed by atoms with Gasteiger partial charge in [0.05, 0.1) is 11.1 Å². The molecule has 2 aromatic heterocycles. The second kappa shape index (κ2) is 4.31. The normalized spacial score (nSPS) is 10.8. The number of pyridine rings is 1. The van der Waals surface area contributed by atoms with Gasteiger partial charge in [0.2, 0.25) is 0 Å². The summed E-state index contributed by atoms with van der Waals surface area (Å²) in [7, 11) is 0. The Labute approximate surface area is 110 Å². The zero-order chi connectivity index (χ0) is 13.4. The Morgan fingerprint density at radius 2 is 1.84 bits per heavy atom. The number of nitrogens with zero attached hydrogens (tertiary/aromatic N) is 3. The van der Waals surface area contributed by atoms with E-state index >= 15 is 0 Å². The monoisotopic (exact) mass is 251 g/mol. The highest BCUT2D eigenvalue weighted by molar-refractivity contribution is 5.77. The summed E-state index contributed by atoms with van der Waals surface area (Å²) in [6, 6.07) is 11.4. The van der Waals surface area contributed by atoms with Crippen LogP contribution >= 0.6 is 0 Å². The van der Waals surface area contributed by atoms with Crippen molar-refractivity contribution in [2.45, 2.75) is 13.8 Å². The van der Waals surface area contributed by atoms with Gasteiger partial charge in [-0.25, -0.2) is 9.97 Å². The first-order valence-corrected chi connectivity index (χ1v) is 6.08. The molecule has 0 spiro atoms. The molecule has 0 saturated carbocycles. The SMILES string of the molecule is Cc1cc(C)c2c(=O)n(-c3ccccc3)cnc2n1. The van der Waals surface area contributed by atoms with E-state index in [4.69, 9.17) is 0 Å². The van der Waals surface area contributed by atoms with Crippen LogP contribution in [0.25, 0.3) is 16.7 Å². The van der Waals surface area contributed by atoms with Crippen LogP contribution in [0.15, 0.2) is 47.5 Å². The van der Waals surface area contributed by atoms with Crippen LogP contribution in [-0.4, -0.2) is 14.5 Å². The van der Waals surface area contributed by atoms with E-state index in [0.717, 1.165) is 16.9 Å². The lowest BCUT2D eigenvalue weighted by Gasteiger charge is -2.08. The summed E-state index contributed by atoms with van der Waals surface area (Å²) in [6.07, 6.45) is 1.53. The smallest absolute Gasteiger partial charge is 0.267 e. The molecular weight excluding hydrogens is 238 g/mol. The standard InChI is InChI=1S/C15H13N3O/c1-10-8-11(2)17-14-13(10)15(19)18(9-16-14)12-6-4-3-5-7-12/h3-9H,1-2H3. The van der Waals surface area contributed by atoms with E-state index < -0.39 is 0 Å². The highest BCUT2D eigenvalue weighted by atomic mass is 16.1. The van der Waals surface area contributed by atoms with Gasteiger partial charge < -0.3 is 0 Å². The Kier molecular flexibility index (Phi) is 2.63. The van der Waals surface area contributed by atoms with Crippen LogP contribution in [0.4, 0.5) is 0 Å². The Morgan fingerprint density at radius 3 is 2.58 bits per heavy atom. The van der Waals surface area contributed by atoms with Crippen molar-refractivity contribution in [1.29, 1.82) is 0 Å². The Morgan fingerprint density at radius 1 is 1.11 bits per heavy atom. The van der Waals surface area contributed by atoms with Gasteiger partial charge in [0.1, 0.15) is 6.33 Å². The van der Waals surface area contributed by atoms with Crippen LogP contribution < -0.4 is 5.56 Å². The zero-order valence-corrected chi connectivity index (χ0v) is 10.8. The molecule has 4 nitrogen and oxygen atoms in total. The molecule has 3 rings (SSSR count). The molecule has 0 aliphatic heterocycles. The van der Waals surface area contributed by atoms with Gasteiger partial charge in [-0.2, -0.15) is 0 Å². The molecule has 0 radical (unpaired) electrons. The van der Waals surface area contributed by atoms with Gasteiger partial charge in [-0.1, -0.05) is 18.2 Å². The van der Waals surface area contributed by atoms with Gasteiger partial charge in [-0.3, -0.25) is 9.36 Å². The third-order valence-corrected chi connectivity index (χ3v) is 3.09. The Hall–Kier alpha value is -2.49. The summed E-state index contributed by atoms with van der Waals surface area (Å²) < 4.78 is 1.55. The molecule has 0 bridgehead atoms. The minimum atomic E-state index is -0.0822. The van der Waals surface area contributed by atoms with Crippen LogP contribution in [-0.2, 0) is 0 Å². The fourth-order valence-electron chi connectivity index (χ4n) is 2.23. The average molecular weight is 251 g/mol. The van der Waals surface area contributed by atoms with Crippen molar-refractivity contribution < 1.29 is 0 Å². The topological polar surface area (TPSA) is 47.8 Å². The van der Waals surface area contributed by atoms with Crippen LogP contribution in [0.5, 0.6) is 0 Å². The van der Waals surface area contributed by atoms with E-state index in [0.29, 0.717) is 11.0 Å². The quantitative estimate of drug-likeness (QED) is 0.667. The number of para-hydroxylation sites is 1. The number of hydrogen-bond acceptors (Lipinski definition) is 3. The van der Waals surface area contributed by atoms with Crippen molar-refractivity contribution in [3.05, 3.63) is 64.3 Å². The van der Waals surface area contributed by atoms with Crippen LogP contribution in [0.3, 0.4) is 0 Å². The number of aryl methyl sites for hydroxylation is 2. The van der Waals surface area contributed by atoms with Crippen LogP contribution in [0, 0.1) is 13.8 Å². The molecule has 0 saturated heterocycles. The number of hydrogen-bond donors (Lipinski definition) is 0. The maximum atomic E-state index is 12.5. The third-order valence-electron chi connectivity index (χ3n) is 3.09. The van der Waals surface area contributed by atoms with E-state index in [1.807, 2.05) is 50.2 Å². The van der Waals surface area contributed by atoms with Gasteiger partial charge in [0.25, 0.3) is 5.56 Å². The molecule has 2 heterocycles. The lowest BCUT2D eigenvalue weighted by molar-refractivity contribution is 0.951. The minimum Gasteiger partial charge on any atom is -0.268 e. The molecule has 0 N–H and O–H groups in total. The molecule has 94 valence electrons. The number of fused-ring (bicyclic) bond motifs is 1. The van der Waals surface area contributed by atoms with E-state index in [2.05, 4.69) is 9.97 Å². The summed E-state index contributed by atoms with van der Waals surface area (Å²) in [5, 5.41) is 0.581. The van der Waals surface area contributed by atoms with Crippen molar-refractivity contribution >= 4 is 11.0 Å². The first-order valence-electron chi connectivity index (χ1n) is 6.08. The summed E-state index contributed by atoms with van der Waals surface area (Å²) in [5.74, 6) is 0. The Bertz CT molecular complexity index is 807. The second-order valence-corrected chi connectivity index (χ2v) is 4.53. The molecule has 3 aromatic rings. The molecular formula is C15H13N3O. The van der Waals surface area contributed by atoms with Gasteiger partial charge >= 0.3 is 0 Å². The van der Waals surface area contributed by atoms with Gasteiger partial charge in [0, 0.05) is 5.69 Å². The van der Waals surface area contributed by atoms with Crippen LogP contribution in [0.2, 0.25) is 0 Å². The van der Waals surface area contributed by atoms with E-state index in [1.54, 1.807) is 4.57 Å². The van der Waals surface area contributed by atoms with E-state index in [1.165, 1.54) is 6.33 Å². The number of aromatic nitrogens is 3. The molecule has 0 aliphatic rings. The Balaban J connectivity index is 2.37. The highest BCUT2D eigenvalue weighted by Crippen LogP contribution is 2.13. The number of rotatable bonds is 1. The van der Waals surface area contributed by atoms with Crippen LogP contribution in [0.1, 0.15) is 11.3 Å². The summed E-state index contributed by atoms with van der Waals surface area (Å²) >= 11 is 0. The summed E-state index contributed by atoms with van der Waals surface area (Å²) in [6.45, 7) is 3.81. The lowest BCUT2D eigenvalue weighted by Crippen LogP contribution is -2.20. The van der Waals surface area contributed by atoms with Crippen molar-refractivity contribution in [3.8, 4) is 5.69 Å². The maximum absolute atomic E-state index is 12.5. The first-order chi connectivity index (χ1) is 9.16. The van der Waals surface area contributed by atoms with Crippen molar-refractivity contribution in [1.82, 2.24) is 14.5 Å². The molecule has 4 heteroatoms. The van der Waals surface area contributed by atoms with Gasteiger partial charge in [-0.15, -0.1) is 0 Å². The maximum Gasteiger partial charge on any atom is 0.267 e. The van der Waals surface area contributed by atoms with Crippen molar-refractivity contribution in [3.63, 3.8) is 0 Å². The molecule has 1 aromatic carbocycles. The van der Waals surface area contributed by atoms with E-state index in [-0.39, 0.29) is 5.56 Å². The summed E-state index contributed by atoms with van der Waals surface area (Å²) in [5.41, 5.74) is 3.01. The molecule has 0 atom stereocenters. The largest absolute Gasteiger partial charge is 0.268 e. The average Bonchev–Trinajstić information content (AvgIpc) is 2.39. The van der Waals surface area contributed by atoms with E-state index in [9.17, 15) is 4.79 Å². The predicted octanol–water partition coefficient (Wildman–Crippen LogP) is 2.40. The lowest BCUT2D eigenvalue weighted by atomic mass is 10.2. The fourth-order valence-corrected chi connectivity index (χ4v) is 2.23. The number of benzene rings is 1. The second-order valence-electron chi connectivity index (χ2n) is 4.53. The third kappa shape index (κ3) is 1.91.